The highest BCUT2D eigenvalue weighted by Crippen LogP contribution is 2.14. The highest BCUT2D eigenvalue weighted by molar-refractivity contribution is 7.99. The van der Waals surface area contributed by atoms with Gasteiger partial charge in [0.25, 0.3) is 0 Å². The minimum atomic E-state index is 0. The van der Waals surface area contributed by atoms with E-state index in [1.54, 1.807) is 0 Å². The molecular formula is C13H25ClN2OS. The first-order chi connectivity index (χ1) is 8.36. The van der Waals surface area contributed by atoms with Gasteiger partial charge in [-0.25, -0.2) is 0 Å². The van der Waals surface area contributed by atoms with Crippen molar-refractivity contribution >= 4 is 30.1 Å². The third kappa shape index (κ3) is 5.37. The lowest BCUT2D eigenvalue weighted by atomic mass is 10.1. The summed E-state index contributed by atoms with van der Waals surface area (Å²) in [5, 5.41) is 3.45. The van der Waals surface area contributed by atoms with Crippen molar-refractivity contribution in [2.45, 2.75) is 44.6 Å². The van der Waals surface area contributed by atoms with E-state index in [0.717, 1.165) is 25.4 Å². The molecule has 1 amide bonds. The number of nitrogens with one attached hydrogen (secondary N) is 1. The van der Waals surface area contributed by atoms with Crippen LogP contribution in [0.5, 0.6) is 0 Å². The van der Waals surface area contributed by atoms with Gasteiger partial charge < -0.3 is 10.2 Å². The Morgan fingerprint density at radius 2 is 1.83 bits per heavy atom. The number of carbonyl (C=O) groups excluding carboxylic acids is 1. The minimum Gasteiger partial charge on any atom is -0.343 e. The summed E-state index contributed by atoms with van der Waals surface area (Å²) in [7, 11) is 0. The van der Waals surface area contributed by atoms with Crippen LogP contribution in [-0.4, -0.2) is 48.0 Å². The van der Waals surface area contributed by atoms with E-state index in [1.165, 1.54) is 37.9 Å². The summed E-state index contributed by atoms with van der Waals surface area (Å²) >= 11 is 1.97. The average molecular weight is 293 g/mol. The maximum absolute atomic E-state index is 12.2. The van der Waals surface area contributed by atoms with Crippen LogP contribution in [0.3, 0.4) is 0 Å². The molecule has 2 saturated heterocycles. The molecule has 3 nitrogen and oxygen atoms in total. The van der Waals surface area contributed by atoms with Crippen LogP contribution in [-0.2, 0) is 4.79 Å². The molecule has 0 saturated carbocycles. The van der Waals surface area contributed by atoms with Crippen LogP contribution in [0.1, 0.15) is 38.5 Å². The fourth-order valence-electron chi connectivity index (χ4n) is 2.59. The summed E-state index contributed by atoms with van der Waals surface area (Å²) in [4.78, 5) is 14.3. The van der Waals surface area contributed by atoms with E-state index in [1.807, 2.05) is 11.8 Å². The average Bonchev–Trinajstić information content (AvgIpc) is 2.29. The number of likely N-dealkylation sites (tertiary alicyclic amines) is 1. The Labute approximate surface area is 121 Å². The highest BCUT2D eigenvalue weighted by atomic mass is 35.5. The van der Waals surface area contributed by atoms with Gasteiger partial charge in [-0.05, 0) is 12.8 Å². The summed E-state index contributed by atoms with van der Waals surface area (Å²) in [6.07, 6.45) is 7.02. The molecule has 1 unspecified atom stereocenters. The number of halogens is 1. The molecule has 2 heterocycles. The topological polar surface area (TPSA) is 32.3 Å². The monoisotopic (exact) mass is 292 g/mol. The SMILES string of the molecule is Cl.O=C(CC1CSCCN1)N1CCCCCCC1. The fourth-order valence-corrected chi connectivity index (χ4v) is 3.54. The van der Waals surface area contributed by atoms with Gasteiger partial charge in [-0.1, -0.05) is 19.3 Å². The zero-order valence-corrected chi connectivity index (χ0v) is 12.7. The van der Waals surface area contributed by atoms with Gasteiger partial charge in [0.2, 0.25) is 5.91 Å². The van der Waals surface area contributed by atoms with Crippen molar-refractivity contribution in [1.29, 1.82) is 0 Å². The largest absolute Gasteiger partial charge is 0.343 e. The van der Waals surface area contributed by atoms with E-state index >= 15 is 0 Å². The standard InChI is InChI=1S/C13H24N2OS.ClH/c16-13(10-12-11-17-9-6-14-12)15-7-4-2-1-3-5-8-15;/h12,14H,1-11H2;1H. The van der Waals surface area contributed by atoms with Gasteiger partial charge in [0, 0.05) is 43.6 Å². The fraction of sp³-hybridized carbons (Fsp3) is 0.923. The Morgan fingerprint density at radius 1 is 1.17 bits per heavy atom. The first-order valence-corrected chi connectivity index (χ1v) is 8.10. The molecule has 0 bridgehead atoms. The molecule has 2 rings (SSSR count). The second kappa shape index (κ2) is 9.05. The summed E-state index contributed by atoms with van der Waals surface area (Å²) in [6.45, 7) is 3.03. The van der Waals surface area contributed by atoms with Gasteiger partial charge in [0.05, 0.1) is 0 Å². The van der Waals surface area contributed by atoms with E-state index < -0.39 is 0 Å². The van der Waals surface area contributed by atoms with E-state index in [2.05, 4.69) is 10.2 Å². The lowest BCUT2D eigenvalue weighted by Gasteiger charge is -2.28. The lowest BCUT2D eigenvalue weighted by molar-refractivity contribution is -0.132. The normalized spacial score (nSPS) is 25.8. The lowest BCUT2D eigenvalue weighted by Crippen LogP contribution is -2.43. The van der Waals surface area contributed by atoms with Gasteiger partial charge in [0.1, 0.15) is 0 Å². The molecule has 0 spiro atoms. The quantitative estimate of drug-likeness (QED) is 0.848. The number of amides is 1. The van der Waals surface area contributed by atoms with Crippen molar-refractivity contribution in [3.05, 3.63) is 0 Å². The van der Waals surface area contributed by atoms with E-state index in [-0.39, 0.29) is 12.4 Å². The molecule has 0 aromatic carbocycles. The molecule has 0 aromatic heterocycles. The maximum atomic E-state index is 12.2. The Kier molecular flexibility index (Phi) is 8.11. The molecule has 2 aliphatic rings. The number of hydrogen-bond acceptors (Lipinski definition) is 3. The summed E-state index contributed by atoms with van der Waals surface area (Å²) in [6, 6.07) is 0.409. The number of hydrogen-bond donors (Lipinski definition) is 1. The molecule has 1 N–H and O–H groups in total. The summed E-state index contributed by atoms with van der Waals surface area (Å²) in [5.74, 6) is 2.65. The van der Waals surface area contributed by atoms with Crippen LogP contribution < -0.4 is 5.32 Å². The number of rotatable bonds is 2. The van der Waals surface area contributed by atoms with Crippen LogP contribution in [0, 0.1) is 0 Å². The second-order valence-corrected chi connectivity index (χ2v) is 6.23. The molecule has 18 heavy (non-hydrogen) atoms. The molecule has 0 radical (unpaired) electrons. The molecule has 0 aromatic rings. The van der Waals surface area contributed by atoms with Crippen molar-refractivity contribution in [2.75, 3.05) is 31.1 Å². The van der Waals surface area contributed by atoms with Gasteiger partial charge in [0.15, 0.2) is 0 Å². The predicted molar refractivity (Wildman–Crippen MR) is 80.6 cm³/mol. The first kappa shape index (κ1) is 16.1. The summed E-state index contributed by atoms with van der Waals surface area (Å²) in [5.41, 5.74) is 0. The zero-order chi connectivity index (χ0) is 11.9. The third-order valence-corrected chi connectivity index (χ3v) is 4.76. The molecule has 2 aliphatic heterocycles. The van der Waals surface area contributed by atoms with E-state index in [9.17, 15) is 4.79 Å². The molecule has 0 aliphatic carbocycles. The minimum absolute atomic E-state index is 0. The van der Waals surface area contributed by atoms with E-state index in [4.69, 9.17) is 0 Å². The van der Waals surface area contributed by atoms with Gasteiger partial charge in [-0.2, -0.15) is 11.8 Å². The smallest absolute Gasteiger partial charge is 0.224 e. The van der Waals surface area contributed by atoms with Gasteiger partial charge in [-0.15, -0.1) is 12.4 Å². The van der Waals surface area contributed by atoms with Crippen LogP contribution >= 0.6 is 24.2 Å². The van der Waals surface area contributed by atoms with Crippen molar-refractivity contribution < 1.29 is 4.79 Å². The van der Waals surface area contributed by atoms with Crippen LogP contribution in [0.25, 0.3) is 0 Å². The zero-order valence-electron chi connectivity index (χ0n) is 11.0. The maximum Gasteiger partial charge on any atom is 0.224 e. The Hall–Kier alpha value is 0.0700. The third-order valence-electron chi connectivity index (χ3n) is 3.63. The van der Waals surface area contributed by atoms with Crippen LogP contribution in [0.4, 0.5) is 0 Å². The second-order valence-electron chi connectivity index (χ2n) is 5.08. The van der Waals surface area contributed by atoms with Crippen molar-refractivity contribution in [1.82, 2.24) is 10.2 Å². The highest BCUT2D eigenvalue weighted by Gasteiger charge is 2.21. The molecule has 1 atom stereocenters. The Bertz CT molecular complexity index is 239. The van der Waals surface area contributed by atoms with Crippen molar-refractivity contribution in [3.63, 3.8) is 0 Å². The Balaban J connectivity index is 0.00000162. The molecule has 2 fully saturated rings. The number of carbonyl (C=O) groups is 1. The number of thioether (sulfide) groups is 1. The first-order valence-electron chi connectivity index (χ1n) is 6.95. The molecule has 106 valence electrons. The van der Waals surface area contributed by atoms with Gasteiger partial charge in [-0.3, -0.25) is 4.79 Å². The molecular weight excluding hydrogens is 268 g/mol. The van der Waals surface area contributed by atoms with Crippen molar-refractivity contribution in [2.24, 2.45) is 0 Å². The van der Waals surface area contributed by atoms with Crippen LogP contribution in [0.15, 0.2) is 0 Å². The van der Waals surface area contributed by atoms with Crippen LogP contribution in [0.2, 0.25) is 0 Å². The number of nitrogens with zero attached hydrogens (tertiary/aromatic N) is 1. The van der Waals surface area contributed by atoms with Gasteiger partial charge >= 0.3 is 0 Å². The predicted octanol–water partition coefficient (Wildman–Crippen LogP) is 2.30. The van der Waals surface area contributed by atoms with Crippen molar-refractivity contribution in [3.8, 4) is 0 Å². The molecule has 5 heteroatoms. The summed E-state index contributed by atoms with van der Waals surface area (Å²) < 4.78 is 0. The van der Waals surface area contributed by atoms with E-state index in [0.29, 0.717) is 18.4 Å². The Morgan fingerprint density at radius 3 is 2.44 bits per heavy atom.